The van der Waals surface area contributed by atoms with Crippen LogP contribution in [0.15, 0.2) is 18.3 Å². The molecule has 0 saturated carbocycles. The number of hydrogen-bond acceptors (Lipinski definition) is 3. The van der Waals surface area contributed by atoms with Gasteiger partial charge in [-0.15, -0.1) is 0 Å². The van der Waals surface area contributed by atoms with Crippen LogP contribution < -0.4 is 4.90 Å². The monoisotopic (exact) mass is 210 g/mol. The highest BCUT2D eigenvalue weighted by Gasteiger charge is 2.28. The summed E-state index contributed by atoms with van der Waals surface area (Å²) in [6.07, 6.45) is 1.61. The van der Waals surface area contributed by atoms with E-state index in [1.54, 1.807) is 12.3 Å². The number of pyridine rings is 1. The maximum Gasteiger partial charge on any atom is 0.165 e. The van der Waals surface area contributed by atoms with Gasteiger partial charge >= 0.3 is 0 Å². The molecule has 0 amide bonds. The maximum absolute atomic E-state index is 13.5. The van der Waals surface area contributed by atoms with Gasteiger partial charge < -0.3 is 9.64 Å². The average Bonchev–Trinajstić information content (AvgIpc) is 2.17. The zero-order chi connectivity index (χ0) is 10.9. The molecule has 0 atom stereocenters. The van der Waals surface area contributed by atoms with Gasteiger partial charge in [-0.25, -0.2) is 9.37 Å². The first-order valence-corrected chi connectivity index (χ1v) is 5.08. The van der Waals surface area contributed by atoms with E-state index in [0.717, 1.165) is 0 Å². The third kappa shape index (κ3) is 2.26. The van der Waals surface area contributed by atoms with Gasteiger partial charge in [0.2, 0.25) is 0 Å². The fourth-order valence-corrected chi connectivity index (χ4v) is 1.81. The highest BCUT2D eigenvalue weighted by atomic mass is 19.1. The third-order valence-electron chi connectivity index (χ3n) is 2.46. The Morgan fingerprint density at radius 3 is 3.00 bits per heavy atom. The summed E-state index contributed by atoms with van der Waals surface area (Å²) in [5.41, 5.74) is -0.234. The lowest BCUT2D eigenvalue weighted by Crippen LogP contribution is -2.48. The second-order valence-electron chi connectivity index (χ2n) is 4.34. The largest absolute Gasteiger partial charge is 0.372 e. The minimum Gasteiger partial charge on any atom is -0.372 e. The molecule has 0 bridgehead atoms. The first-order valence-electron chi connectivity index (χ1n) is 5.08. The van der Waals surface area contributed by atoms with Crippen LogP contribution in [0.25, 0.3) is 0 Å². The molecular weight excluding hydrogens is 195 g/mol. The number of hydrogen-bond donors (Lipinski definition) is 0. The van der Waals surface area contributed by atoms with Crippen LogP contribution in [-0.4, -0.2) is 30.3 Å². The van der Waals surface area contributed by atoms with Gasteiger partial charge in [0, 0.05) is 19.3 Å². The van der Waals surface area contributed by atoms with Crippen LogP contribution >= 0.6 is 0 Å². The van der Waals surface area contributed by atoms with Crippen molar-refractivity contribution in [3.05, 3.63) is 24.1 Å². The molecule has 1 fully saturated rings. The zero-order valence-electron chi connectivity index (χ0n) is 9.03. The van der Waals surface area contributed by atoms with Crippen molar-refractivity contribution in [1.82, 2.24) is 4.98 Å². The lowest BCUT2D eigenvalue weighted by Gasteiger charge is -2.38. The van der Waals surface area contributed by atoms with Gasteiger partial charge in [-0.1, -0.05) is 0 Å². The van der Waals surface area contributed by atoms with E-state index in [0.29, 0.717) is 25.5 Å². The first-order chi connectivity index (χ1) is 7.08. The number of rotatable bonds is 1. The van der Waals surface area contributed by atoms with E-state index in [2.05, 4.69) is 4.98 Å². The van der Waals surface area contributed by atoms with Crippen LogP contribution in [0, 0.1) is 5.82 Å². The highest BCUT2D eigenvalue weighted by molar-refractivity contribution is 5.40. The van der Waals surface area contributed by atoms with E-state index in [9.17, 15) is 4.39 Å². The first kappa shape index (κ1) is 10.4. The summed E-state index contributed by atoms with van der Waals surface area (Å²) in [7, 11) is 0. The fourth-order valence-electron chi connectivity index (χ4n) is 1.81. The topological polar surface area (TPSA) is 25.4 Å². The summed E-state index contributed by atoms with van der Waals surface area (Å²) in [5.74, 6) is 0.157. The molecule has 0 N–H and O–H groups in total. The Balaban J connectivity index is 2.21. The van der Waals surface area contributed by atoms with Gasteiger partial charge in [0.25, 0.3) is 0 Å². The normalized spacial score (nSPS) is 20.3. The molecule has 0 aromatic carbocycles. The van der Waals surface area contributed by atoms with Gasteiger partial charge in [-0.2, -0.15) is 0 Å². The molecule has 1 aromatic heterocycles. The van der Waals surface area contributed by atoms with E-state index < -0.39 is 0 Å². The molecule has 82 valence electrons. The van der Waals surface area contributed by atoms with E-state index in [1.165, 1.54) is 6.07 Å². The van der Waals surface area contributed by atoms with Gasteiger partial charge in [0.05, 0.1) is 12.2 Å². The predicted octanol–water partition coefficient (Wildman–Crippen LogP) is 1.84. The molecule has 0 aliphatic carbocycles. The van der Waals surface area contributed by atoms with Gasteiger partial charge in [0.15, 0.2) is 11.6 Å². The van der Waals surface area contributed by atoms with Crippen molar-refractivity contribution >= 4 is 5.82 Å². The smallest absolute Gasteiger partial charge is 0.165 e. The van der Waals surface area contributed by atoms with E-state index in [-0.39, 0.29) is 11.4 Å². The Hall–Kier alpha value is -1.16. The van der Waals surface area contributed by atoms with Gasteiger partial charge in [0.1, 0.15) is 0 Å². The summed E-state index contributed by atoms with van der Waals surface area (Å²) in [4.78, 5) is 5.99. The molecule has 0 unspecified atom stereocenters. The molecular formula is C11H15FN2O. The molecule has 1 aliphatic rings. The van der Waals surface area contributed by atoms with E-state index in [4.69, 9.17) is 4.74 Å². The number of nitrogens with zero attached hydrogens (tertiary/aromatic N) is 2. The van der Waals surface area contributed by atoms with Crippen LogP contribution in [0.5, 0.6) is 0 Å². The molecule has 2 rings (SSSR count). The fraction of sp³-hybridized carbons (Fsp3) is 0.545. The molecule has 1 aliphatic heterocycles. The molecule has 3 nitrogen and oxygen atoms in total. The lowest BCUT2D eigenvalue weighted by atomic mass is 10.1. The highest BCUT2D eigenvalue weighted by Crippen LogP contribution is 2.22. The Morgan fingerprint density at radius 2 is 2.33 bits per heavy atom. The number of anilines is 1. The molecule has 4 heteroatoms. The summed E-state index contributed by atoms with van der Waals surface area (Å²) in [6.45, 7) is 5.97. The van der Waals surface area contributed by atoms with Crippen LogP contribution in [0.1, 0.15) is 13.8 Å². The van der Waals surface area contributed by atoms with Crippen LogP contribution in [0.2, 0.25) is 0 Å². The van der Waals surface area contributed by atoms with Crippen molar-refractivity contribution in [2.24, 2.45) is 0 Å². The van der Waals surface area contributed by atoms with Crippen molar-refractivity contribution in [2.45, 2.75) is 19.4 Å². The standard InChI is InChI=1S/C11H15FN2O/c1-11(2)8-14(6-7-15-11)10-9(12)4-3-5-13-10/h3-5H,6-8H2,1-2H3. The Bertz CT molecular complexity index is 354. The second-order valence-corrected chi connectivity index (χ2v) is 4.34. The van der Waals surface area contributed by atoms with Crippen molar-refractivity contribution in [1.29, 1.82) is 0 Å². The van der Waals surface area contributed by atoms with Crippen LogP contribution in [0.4, 0.5) is 10.2 Å². The Morgan fingerprint density at radius 1 is 1.53 bits per heavy atom. The summed E-state index contributed by atoms with van der Waals surface area (Å²) in [6, 6.07) is 3.04. The van der Waals surface area contributed by atoms with Crippen LogP contribution in [-0.2, 0) is 4.74 Å². The van der Waals surface area contributed by atoms with Crippen molar-refractivity contribution in [3.63, 3.8) is 0 Å². The second kappa shape index (κ2) is 3.77. The van der Waals surface area contributed by atoms with E-state index in [1.807, 2.05) is 18.7 Å². The number of morpholine rings is 1. The molecule has 0 spiro atoms. The summed E-state index contributed by atoms with van der Waals surface area (Å²) >= 11 is 0. The third-order valence-corrected chi connectivity index (χ3v) is 2.46. The minimum atomic E-state index is -0.268. The summed E-state index contributed by atoms with van der Waals surface area (Å²) < 4.78 is 19.0. The van der Waals surface area contributed by atoms with Crippen LogP contribution in [0.3, 0.4) is 0 Å². The maximum atomic E-state index is 13.5. The predicted molar refractivity (Wildman–Crippen MR) is 56.4 cm³/mol. The Labute approximate surface area is 88.9 Å². The molecule has 15 heavy (non-hydrogen) atoms. The number of halogens is 1. The van der Waals surface area contributed by atoms with Crippen molar-refractivity contribution < 1.29 is 9.13 Å². The van der Waals surface area contributed by atoms with Crippen molar-refractivity contribution in [3.8, 4) is 0 Å². The lowest BCUT2D eigenvalue weighted by molar-refractivity contribution is -0.0280. The SMILES string of the molecule is CC1(C)CN(c2ncccc2F)CCO1. The number of aromatic nitrogens is 1. The van der Waals surface area contributed by atoms with Gasteiger partial charge in [-0.3, -0.25) is 0 Å². The molecule has 2 heterocycles. The molecule has 1 aromatic rings. The van der Waals surface area contributed by atoms with E-state index >= 15 is 0 Å². The zero-order valence-corrected chi connectivity index (χ0v) is 9.03. The quantitative estimate of drug-likeness (QED) is 0.707. The van der Waals surface area contributed by atoms with Crippen molar-refractivity contribution in [2.75, 3.05) is 24.6 Å². The molecule has 1 saturated heterocycles. The minimum absolute atomic E-state index is 0.234. The summed E-state index contributed by atoms with van der Waals surface area (Å²) in [5, 5.41) is 0. The molecule has 0 radical (unpaired) electrons. The number of ether oxygens (including phenoxy) is 1. The van der Waals surface area contributed by atoms with Gasteiger partial charge in [-0.05, 0) is 26.0 Å². The average molecular weight is 210 g/mol. The Kier molecular flexibility index (Phi) is 2.61.